The molecule has 6 heteroatoms. The first kappa shape index (κ1) is 8.45. The van der Waals surface area contributed by atoms with Crippen LogP contribution < -0.4 is 0 Å². The third-order valence-electron chi connectivity index (χ3n) is 0.999. The standard InChI is InChI=1S/C5H4F3N2S/c6-5(7,8)2-1-4-9-3-11-10-4/h1-2H2. The Balaban J connectivity index is 2.35. The molecule has 0 aliphatic rings. The normalized spacial score (nSPS) is 11.9. The van der Waals surface area contributed by atoms with Crippen molar-refractivity contribution in [3.8, 4) is 0 Å². The molecule has 11 heavy (non-hydrogen) atoms. The Morgan fingerprint density at radius 3 is 2.64 bits per heavy atom. The van der Waals surface area contributed by atoms with Crippen molar-refractivity contribution in [2.75, 3.05) is 0 Å². The Morgan fingerprint density at radius 1 is 1.45 bits per heavy atom. The van der Waals surface area contributed by atoms with E-state index < -0.39 is 12.6 Å². The first-order chi connectivity index (χ1) is 5.08. The topological polar surface area (TPSA) is 25.8 Å². The highest BCUT2D eigenvalue weighted by Gasteiger charge is 2.27. The van der Waals surface area contributed by atoms with Crippen LogP contribution in [0.15, 0.2) is 0 Å². The smallest absolute Gasteiger partial charge is 0.217 e. The maximum absolute atomic E-state index is 11.6. The molecule has 0 unspecified atom stereocenters. The molecule has 0 aliphatic carbocycles. The summed E-state index contributed by atoms with van der Waals surface area (Å²) < 4.78 is 38.3. The number of rotatable bonds is 2. The van der Waals surface area contributed by atoms with E-state index in [0.717, 1.165) is 11.5 Å². The Bertz CT molecular complexity index is 206. The number of alkyl halides is 3. The molecule has 0 aromatic carbocycles. The average Bonchev–Trinajstić information content (AvgIpc) is 2.32. The van der Waals surface area contributed by atoms with Crippen LogP contribution in [0.3, 0.4) is 0 Å². The molecule has 1 rings (SSSR count). The summed E-state index contributed by atoms with van der Waals surface area (Å²) in [6.45, 7) is 0. The van der Waals surface area contributed by atoms with E-state index >= 15 is 0 Å². The second-order valence-corrected chi connectivity index (χ2v) is 2.46. The molecule has 0 N–H and O–H groups in total. The molecule has 0 saturated heterocycles. The number of nitrogens with zero attached hydrogens (tertiary/aromatic N) is 2. The first-order valence-corrected chi connectivity index (χ1v) is 3.60. The third kappa shape index (κ3) is 3.31. The predicted octanol–water partition coefficient (Wildman–Crippen LogP) is 1.83. The van der Waals surface area contributed by atoms with Gasteiger partial charge in [-0.3, -0.25) is 0 Å². The molecule has 0 amide bonds. The van der Waals surface area contributed by atoms with Crippen LogP contribution in [0.5, 0.6) is 0 Å². The number of aryl methyl sites for hydroxylation is 1. The van der Waals surface area contributed by atoms with E-state index in [0.29, 0.717) is 0 Å². The van der Waals surface area contributed by atoms with E-state index in [9.17, 15) is 13.2 Å². The van der Waals surface area contributed by atoms with Gasteiger partial charge in [0.15, 0.2) is 5.51 Å². The summed E-state index contributed by atoms with van der Waals surface area (Å²) in [5.41, 5.74) is 2.38. The van der Waals surface area contributed by atoms with E-state index in [-0.39, 0.29) is 12.2 Å². The summed E-state index contributed by atoms with van der Waals surface area (Å²) in [6.07, 6.45) is -5.13. The highest BCUT2D eigenvalue weighted by molar-refractivity contribution is 7.02. The van der Waals surface area contributed by atoms with Gasteiger partial charge in [-0.1, -0.05) is 0 Å². The van der Waals surface area contributed by atoms with Crippen LogP contribution in [0.2, 0.25) is 0 Å². The SMILES string of the molecule is FC(F)(F)CCc1n[c]sn1. The van der Waals surface area contributed by atoms with Crippen molar-refractivity contribution in [3.05, 3.63) is 11.3 Å². The van der Waals surface area contributed by atoms with Crippen molar-refractivity contribution in [3.63, 3.8) is 0 Å². The summed E-state index contributed by atoms with van der Waals surface area (Å²) in [5, 5.41) is 0. The van der Waals surface area contributed by atoms with Crippen LogP contribution in [0.4, 0.5) is 13.2 Å². The van der Waals surface area contributed by atoms with Crippen LogP contribution in [-0.4, -0.2) is 15.5 Å². The fourth-order valence-electron chi connectivity index (χ4n) is 0.522. The maximum atomic E-state index is 11.6. The summed E-state index contributed by atoms with van der Waals surface area (Å²) in [5.74, 6) is 0.215. The van der Waals surface area contributed by atoms with Gasteiger partial charge in [0.2, 0.25) is 0 Å². The van der Waals surface area contributed by atoms with Gasteiger partial charge < -0.3 is 0 Å². The van der Waals surface area contributed by atoms with Crippen molar-refractivity contribution in [1.29, 1.82) is 0 Å². The fraction of sp³-hybridized carbons (Fsp3) is 0.600. The van der Waals surface area contributed by atoms with Gasteiger partial charge in [0.05, 0.1) is 6.42 Å². The number of hydrogen-bond acceptors (Lipinski definition) is 3. The van der Waals surface area contributed by atoms with Crippen molar-refractivity contribution >= 4 is 11.5 Å². The maximum Gasteiger partial charge on any atom is 0.389 e. The zero-order valence-corrected chi connectivity index (χ0v) is 6.17. The van der Waals surface area contributed by atoms with Crippen LogP contribution >= 0.6 is 11.5 Å². The molecule has 1 radical (unpaired) electrons. The zero-order valence-electron chi connectivity index (χ0n) is 5.35. The van der Waals surface area contributed by atoms with Crippen molar-refractivity contribution in [1.82, 2.24) is 9.36 Å². The lowest BCUT2D eigenvalue weighted by molar-refractivity contribution is -0.134. The molecule has 61 valence electrons. The molecule has 0 fully saturated rings. The molecule has 1 heterocycles. The number of hydrogen-bond donors (Lipinski definition) is 0. The number of halogens is 3. The fourth-order valence-corrected chi connectivity index (χ4v) is 0.946. The molecule has 0 atom stereocenters. The van der Waals surface area contributed by atoms with Gasteiger partial charge in [0.25, 0.3) is 0 Å². The molecule has 0 saturated carbocycles. The largest absolute Gasteiger partial charge is 0.389 e. The molecule has 0 aliphatic heterocycles. The zero-order chi connectivity index (χ0) is 8.32. The summed E-state index contributed by atoms with van der Waals surface area (Å²) >= 11 is 0.937. The predicted molar refractivity (Wildman–Crippen MR) is 33.1 cm³/mol. The molecular weight excluding hydrogens is 177 g/mol. The lowest BCUT2D eigenvalue weighted by Crippen LogP contribution is -2.08. The van der Waals surface area contributed by atoms with Gasteiger partial charge in [-0.15, -0.1) is 0 Å². The van der Waals surface area contributed by atoms with Gasteiger partial charge in [-0.05, 0) is 11.5 Å². The van der Waals surface area contributed by atoms with E-state index in [1.807, 2.05) is 0 Å². The van der Waals surface area contributed by atoms with Crippen molar-refractivity contribution < 1.29 is 13.2 Å². The van der Waals surface area contributed by atoms with Crippen LogP contribution in [0.1, 0.15) is 12.2 Å². The Hall–Kier alpha value is -0.650. The molecule has 1 aromatic rings. The van der Waals surface area contributed by atoms with Crippen molar-refractivity contribution in [2.24, 2.45) is 0 Å². The van der Waals surface area contributed by atoms with Gasteiger partial charge in [-0.2, -0.15) is 17.5 Å². The highest BCUT2D eigenvalue weighted by atomic mass is 32.1. The quantitative estimate of drug-likeness (QED) is 0.695. The number of aromatic nitrogens is 2. The van der Waals surface area contributed by atoms with Crippen LogP contribution in [0, 0.1) is 5.51 Å². The molecular formula is C5H4F3N2S. The molecule has 1 aromatic heterocycles. The van der Waals surface area contributed by atoms with Crippen LogP contribution in [0.25, 0.3) is 0 Å². The second kappa shape index (κ2) is 3.17. The summed E-state index contributed by atoms with van der Waals surface area (Å²) in [6, 6.07) is 0. The second-order valence-electron chi connectivity index (χ2n) is 1.92. The average molecular weight is 181 g/mol. The molecule has 0 bridgehead atoms. The Morgan fingerprint density at radius 2 is 2.18 bits per heavy atom. The minimum absolute atomic E-state index is 0.149. The van der Waals surface area contributed by atoms with Gasteiger partial charge >= 0.3 is 6.18 Å². The Kier molecular flexibility index (Phi) is 2.43. The van der Waals surface area contributed by atoms with Gasteiger partial charge in [0.1, 0.15) is 5.82 Å². The molecule has 2 nitrogen and oxygen atoms in total. The van der Waals surface area contributed by atoms with E-state index in [4.69, 9.17) is 0 Å². The summed E-state index contributed by atoms with van der Waals surface area (Å²) in [4.78, 5) is 3.50. The minimum Gasteiger partial charge on any atom is -0.217 e. The highest BCUT2D eigenvalue weighted by Crippen LogP contribution is 2.20. The third-order valence-corrected chi connectivity index (χ3v) is 1.47. The summed E-state index contributed by atoms with van der Waals surface area (Å²) in [7, 11) is 0. The van der Waals surface area contributed by atoms with E-state index in [2.05, 4.69) is 14.9 Å². The minimum atomic E-state index is -4.12. The van der Waals surface area contributed by atoms with Crippen LogP contribution in [-0.2, 0) is 6.42 Å². The van der Waals surface area contributed by atoms with Crippen molar-refractivity contribution in [2.45, 2.75) is 19.0 Å². The molecule has 0 spiro atoms. The Labute approximate surface area is 65.2 Å². The lowest BCUT2D eigenvalue weighted by atomic mass is 10.3. The first-order valence-electron chi connectivity index (χ1n) is 2.83. The van der Waals surface area contributed by atoms with E-state index in [1.54, 1.807) is 0 Å². The lowest BCUT2D eigenvalue weighted by Gasteiger charge is -2.01. The monoisotopic (exact) mass is 181 g/mol. The van der Waals surface area contributed by atoms with Gasteiger partial charge in [-0.25, -0.2) is 4.98 Å². The van der Waals surface area contributed by atoms with Gasteiger partial charge in [0, 0.05) is 6.42 Å². The van der Waals surface area contributed by atoms with E-state index in [1.165, 1.54) is 0 Å².